The van der Waals surface area contributed by atoms with Crippen LogP contribution in [0.5, 0.6) is 11.6 Å². The summed E-state index contributed by atoms with van der Waals surface area (Å²) in [5, 5.41) is 0. The molecule has 0 radical (unpaired) electrons. The summed E-state index contributed by atoms with van der Waals surface area (Å²) in [5.41, 5.74) is 12.2. The van der Waals surface area contributed by atoms with Crippen molar-refractivity contribution in [2.75, 3.05) is 9.62 Å². The summed E-state index contributed by atoms with van der Waals surface area (Å²) in [5.74, 6) is 1.35. The first-order valence-corrected chi connectivity index (χ1v) is 27.4. The molecule has 0 N–H and O–H groups in total. The molecule has 0 amide bonds. The van der Waals surface area contributed by atoms with Gasteiger partial charge in [-0.2, -0.15) is 12.1 Å². The molecule has 0 saturated heterocycles. The number of aromatic nitrogens is 3. The maximum absolute atomic E-state index is 10.4. The number of imidazole rings is 1. The van der Waals surface area contributed by atoms with Crippen LogP contribution < -0.4 is 19.8 Å². The summed E-state index contributed by atoms with van der Waals surface area (Å²) < 4.78 is 82.8. The van der Waals surface area contributed by atoms with Crippen molar-refractivity contribution < 1.29 is 35.1 Å². The Bertz CT molecular complexity index is 4440. The SMILES string of the molecule is [2H]c1c(CC(C)C)c([2H])c(-c2cc(-c3ccccc3)cc(C(C)(C)C)c2)c(-n2[c](=[Pt])n(-c3[c-]c(Oc4cccc(N5B(c6ccccc6)N(c6cccc(C([2H])([2H])[2H])c6)c6ccc[c-]c65)n4)ccc3)c3ccccc32)c1-c1cccc(C([2H])([2H])[2H])c1. The second-order valence-corrected chi connectivity index (χ2v) is 22.2. The number of rotatable bonds is 12. The number of benzene rings is 9. The van der Waals surface area contributed by atoms with E-state index in [9.17, 15) is 2.74 Å². The third-order valence-corrected chi connectivity index (χ3v) is 15.1. The minimum absolute atomic E-state index is 0.0914. The fourth-order valence-corrected chi connectivity index (χ4v) is 11.6. The normalized spacial score (nSPS) is 14.3. The van der Waals surface area contributed by atoms with Crippen molar-refractivity contribution in [1.29, 1.82) is 0 Å². The van der Waals surface area contributed by atoms with Crippen LogP contribution in [0.3, 0.4) is 0 Å². The van der Waals surface area contributed by atoms with Crippen LogP contribution in [-0.4, -0.2) is 21.1 Å². The number of aryl methyl sites for hydroxylation is 2. The van der Waals surface area contributed by atoms with E-state index in [1.54, 1.807) is 42.5 Å². The van der Waals surface area contributed by atoms with E-state index in [-0.39, 0.29) is 34.5 Å². The van der Waals surface area contributed by atoms with Crippen LogP contribution >= 0.6 is 0 Å². The molecule has 9 aromatic carbocycles. The molecule has 0 fully saturated rings. The summed E-state index contributed by atoms with van der Waals surface area (Å²) >= 11 is 2.33. The number of ether oxygens (including phenoxy) is 1. The van der Waals surface area contributed by atoms with E-state index in [0.717, 1.165) is 50.1 Å². The number of anilines is 4. The fraction of sp³-hybridized carbons (Fsp3) is 0.143. The summed E-state index contributed by atoms with van der Waals surface area (Å²) in [4.78, 5) is 9.39. The molecule has 0 atom stereocenters. The molecule has 0 bridgehead atoms. The zero-order chi connectivity index (χ0) is 60.4. The molecular formula is C70H60BN5OPt-2. The Labute approximate surface area is 481 Å². The van der Waals surface area contributed by atoms with E-state index in [1.807, 2.05) is 133 Å². The molecule has 0 aliphatic carbocycles. The Morgan fingerprint density at radius 3 is 2.06 bits per heavy atom. The summed E-state index contributed by atoms with van der Waals surface area (Å²) in [7, 11) is 0. The van der Waals surface area contributed by atoms with E-state index in [1.165, 1.54) is 0 Å². The van der Waals surface area contributed by atoms with E-state index < -0.39 is 20.7 Å². The molecule has 0 unspecified atom stereocenters. The van der Waals surface area contributed by atoms with Crippen LogP contribution in [0.4, 0.5) is 22.9 Å². The third-order valence-electron chi connectivity index (χ3n) is 14.1. The van der Waals surface area contributed by atoms with Gasteiger partial charge in [0.05, 0.1) is 0 Å². The summed E-state index contributed by atoms with van der Waals surface area (Å²) in [6.45, 7) is 5.51. The topological polar surface area (TPSA) is 38.5 Å². The van der Waals surface area contributed by atoms with Crippen LogP contribution in [0.15, 0.2) is 218 Å². The number of hydrogen-bond donors (Lipinski definition) is 0. The molecule has 386 valence electrons. The zero-order valence-electron chi connectivity index (χ0n) is 52.0. The van der Waals surface area contributed by atoms with Gasteiger partial charge >= 0.3 is 389 Å². The Morgan fingerprint density at radius 2 is 1.31 bits per heavy atom. The van der Waals surface area contributed by atoms with E-state index in [0.29, 0.717) is 67.0 Å². The molecule has 8 heteroatoms. The van der Waals surface area contributed by atoms with Gasteiger partial charge in [-0.1, -0.05) is 42.5 Å². The van der Waals surface area contributed by atoms with E-state index in [2.05, 4.69) is 115 Å². The van der Waals surface area contributed by atoms with Gasteiger partial charge in [0.15, 0.2) is 0 Å². The number of pyridine rings is 1. The summed E-state index contributed by atoms with van der Waals surface area (Å²) in [6.07, 6.45) is 0.448. The first kappa shape index (κ1) is 41.9. The molecule has 2 aromatic heterocycles. The van der Waals surface area contributed by atoms with Gasteiger partial charge in [0, 0.05) is 9.80 Å². The van der Waals surface area contributed by atoms with Gasteiger partial charge in [0.1, 0.15) is 0 Å². The predicted octanol–water partition coefficient (Wildman–Crippen LogP) is 17.1. The van der Waals surface area contributed by atoms with E-state index >= 15 is 0 Å². The van der Waals surface area contributed by atoms with Gasteiger partial charge in [-0.05, 0) is 24.5 Å². The maximum atomic E-state index is 10.4. The zero-order valence-corrected chi connectivity index (χ0v) is 46.2. The number of hydrogen-bond acceptors (Lipinski definition) is 4. The predicted molar refractivity (Wildman–Crippen MR) is 320 cm³/mol. The second kappa shape index (κ2) is 20.9. The quantitative estimate of drug-likeness (QED) is 0.0903. The summed E-state index contributed by atoms with van der Waals surface area (Å²) in [6, 6.07) is 73.4. The van der Waals surface area contributed by atoms with Crippen molar-refractivity contribution >= 4 is 46.4 Å². The third kappa shape index (κ3) is 9.77. The Morgan fingerprint density at radius 1 is 0.641 bits per heavy atom. The van der Waals surface area contributed by atoms with Gasteiger partial charge in [0.2, 0.25) is 0 Å². The number of fused-ring (bicyclic) bond motifs is 2. The van der Waals surface area contributed by atoms with Gasteiger partial charge in [-0.15, -0.1) is 6.07 Å². The molecule has 1 aliphatic heterocycles. The minimum atomic E-state index is -2.43. The van der Waals surface area contributed by atoms with Crippen LogP contribution in [0.1, 0.15) is 67.8 Å². The molecule has 11 aromatic rings. The van der Waals surface area contributed by atoms with Gasteiger partial charge < -0.3 is 0 Å². The first-order valence-electron chi connectivity index (χ1n) is 30.2. The number of para-hydroxylation sites is 3. The van der Waals surface area contributed by atoms with Crippen molar-refractivity contribution in [1.82, 2.24) is 14.1 Å². The Balaban J connectivity index is 1.03. The van der Waals surface area contributed by atoms with Gasteiger partial charge in [0.25, 0.3) is 0 Å². The molecule has 0 spiro atoms. The molecule has 0 saturated carbocycles. The average molecular weight is 1200 g/mol. The van der Waals surface area contributed by atoms with Gasteiger partial charge in [-0.3, -0.25) is 0 Å². The van der Waals surface area contributed by atoms with Crippen LogP contribution in [-0.2, 0) is 31.2 Å². The molecular weight excluding hydrogens is 1130 g/mol. The van der Waals surface area contributed by atoms with Crippen LogP contribution in [0, 0.1) is 35.6 Å². The van der Waals surface area contributed by atoms with Crippen LogP contribution in [0.25, 0.3) is 55.8 Å². The van der Waals surface area contributed by atoms with Crippen molar-refractivity contribution in [3.63, 3.8) is 0 Å². The molecule has 12 rings (SSSR count). The van der Waals surface area contributed by atoms with Gasteiger partial charge in [-0.25, -0.2) is 0 Å². The van der Waals surface area contributed by atoms with E-state index in [4.69, 9.17) is 17.9 Å². The Kier molecular flexibility index (Phi) is 11.2. The van der Waals surface area contributed by atoms with Crippen molar-refractivity contribution in [2.45, 2.75) is 60.2 Å². The average Bonchev–Trinajstić information content (AvgIpc) is 1.44. The van der Waals surface area contributed by atoms with Crippen molar-refractivity contribution in [3.05, 3.63) is 257 Å². The molecule has 1 aliphatic rings. The first-order chi connectivity index (χ1) is 41.1. The molecule has 6 nitrogen and oxygen atoms in total. The molecule has 3 heterocycles. The monoisotopic (exact) mass is 1200 g/mol. The van der Waals surface area contributed by atoms with Crippen molar-refractivity contribution in [3.8, 4) is 56.4 Å². The Hall–Kier alpha value is -8.25. The number of nitrogens with zero attached hydrogens (tertiary/aromatic N) is 5. The fourth-order valence-electron chi connectivity index (χ4n) is 10.6. The standard InChI is InChI=1S/C70H60BN5O.Pt/c1-48(2)38-51-41-61(53-26-18-22-49(3)39-53)69(62(42-51)55-43-54(52-24-10-8-11-25-52)44-56(45-55)70(5,6)7)74-47-73(63-32-14-15-33-64(63)74)58-29-20-31-60(46-58)77-68-37-21-36-67(72-68)76-66-35-17-16-34-65(66)75(59-30-19-23-50(4)40-59)71(76)57-27-12-9-13-28-57;/h8-34,36-37,39-45,48H,38H2,1-7H3;/q-2;/i3D3,4D3,41D,42D;. The van der Waals surface area contributed by atoms with Crippen LogP contribution in [0.2, 0.25) is 0 Å². The van der Waals surface area contributed by atoms with Crippen molar-refractivity contribution in [2.24, 2.45) is 5.92 Å². The molecule has 78 heavy (non-hydrogen) atoms. The second-order valence-electron chi connectivity index (χ2n) is 21.1.